The number of aliphatic hydroxyl groups excluding tert-OH is 1. The van der Waals surface area contributed by atoms with Crippen LogP contribution in [-0.2, 0) is 13.6 Å². The van der Waals surface area contributed by atoms with E-state index in [0.717, 1.165) is 11.0 Å². The first-order valence-corrected chi connectivity index (χ1v) is 6.83. The number of aromatic nitrogens is 2. The maximum Gasteiger partial charge on any atom is 0.332 e. The molecule has 4 N–H and O–H groups in total. The summed E-state index contributed by atoms with van der Waals surface area (Å²) in [6.07, 6.45) is 0.740. The lowest BCUT2D eigenvalue weighted by Crippen LogP contribution is -2.41. The highest BCUT2D eigenvalue weighted by Crippen LogP contribution is 2.14. The molecule has 2 atom stereocenters. The van der Waals surface area contributed by atoms with E-state index in [1.807, 2.05) is 13.8 Å². The molecule has 0 aliphatic heterocycles. The maximum atomic E-state index is 12.1. The van der Waals surface area contributed by atoms with Crippen molar-refractivity contribution >= 4 is 11.5 Å². The van der Waals surface area contributed by atoms with Gasteiger partial charge in [-0.1, -0.05) is 6.92 Å². The van der Waals surface area contributed by atoms with Crippen molar-refractivity contribution in [2.75, 3.05) is 11.1 Å². The van der Waals surface area contributed by atoms with Gasteiger partial charge in [-0.3, -0.25) is 13.9 Å². The summed E-state index contributed by atoms with van der Waals surface area (Å²) in [6, 6.07) is -0.127. The molecule has 1 heterocycles. The second-order valence-corrected chi connectivity index (χ2v) is 5.19. The molecule has 0 radical (unpaired) electrons. The second-order valence-electron chi connectivity index (χ2n) is 5.19. The molecule has 0 aromatic carbocycles. The summed E-state index contributed by atoms with van der Waals surface area (Å²) < 4.78 is 2.43. The van der Waals surface area contributed by atoms with Crippen LogP contribution in [0.5, 0.6) is 0 Å². The van der Waals surface area contributed by atoms with E-state index in [9.17, 15) is 14.7 Å². The molecular formula is C13H24N4O3. The van der Waals surface area contributed by atoms with E-state index in [1.54, 1.807) is 6.92 Å². The molecule has 2 unspecified atom stereocenters. The normalized spacial score (nSPS) is 14.1. The summed E-state index contributed by atoms with van der Waals surface area (Å²) in [7, 11) is 1.43. The number of nitrogens with zero attached hydrogens (tertiary/aromatic N) is 2. The van der Waals surface area contributed by atoms with Crippen LogP contribution in [0.4, 0.5) is 11.5 Å². The third-order valence-corrected chi connectivity index (χ3v) is 3.12. The fourth-order valence-electron chi connectivity index (χ4n) is 2.18. The van der Waals surface area contributed by atoms with Gasteiger partial charge in [0.2, 0.25) is 0 Å². The van der Waals surface area contributed by atoms with Crippen molar-refractivity contribution in [1.29, 1.82) is 0 Å². The number of nitrogens with two attached hydrogens (primary N) is 1. The standard InChI is InChI=1S/C13H24N4O3/c1-5-6-17-11(14)10(12(19)16(4)13(17)20)15-8(2)7-9(3)18/h8-9,15,18H,5-7,14H2,1-4H3. The molecule has 0 aliphatic rings. The summed E-state index contributed by atoms with van der Waals surface area (Å²) in [6.45, 7) is 5.91. The smallest absolute Gasteiger partial charge is 0.332 e. The highest BCUT2D eigenvalue weighted by Gasteiger charge is 2.17. The number of hydrogen-bond donors (Lipinski definition) is 3. The van der Waals surface area contributed by atoms with Crippen molar-refractivity contribution in [2.45, 2.75) is 52.3 Å². The number of aliphatic hydroxyl groups is 1. The number of nitrogens with one attached hydrogen (secondary N) is 1. The predicted octanol–water partition coefficient (Wildman–Crippen LogP) is 0.111. The largest absolute Gasteiger partial charge is 0.393 e. The number of nitrogen functional groups attached to an aromatic ring is 1. The predicted molar refractivity (Wildman–Crippen MR) is 80.0 cm³/mol. The summed E-state index contributed by atoms with van der Waals surface area (Å²) in [5.41, 5.74) is 5.30. The Hall–Kier alpha value is -1.76. The van der Waals surface area contributed by atoms with Crippen molar-refractivity contribution in [1.82, 2.24) is 9.13 Å². The van der Waals surface area contributed by atoms with Crippen LogP contribution in [0.25, 0.3) is 0 Å². The minimum Gasteiger partial charge on any atom is -0.393 e. The van der Waals surface area contributed by atoms with Crippen LogP contribution in [0.15, 0.2) is 9.59 Å². The van der Waals surface area contributed by atoms with Crippen molar-refractivity contribution in [3.8, 4) is 0 Å². The Balaban J connectivity index is 3.26. The molecule has 7 nitrogen and oxygen atoms in total. The lowest BCUT2D eigenvalue weighted by atomic mass is 10.1. The molecule has 1 rings (SSSR count). The van der Waals surface area contributed by atoms with E-state index in [1.165, 1.54) is 11.6 Å². The van der Waals surface area contributed by atoms with Crippen LogP contribution >= 0.6 is 0 Å². The topological polar surface area (TPSA) is 102 Å². The molecule has 1 aromatic rings. The summed E-state index contributed by atoms with van der Waals surface area (Å²) in [5.74, 6) is 0.150. The SMILES string of the molecule is CCCn1c(N)c(NC(C)CC(C)O)c(=O)n(C)c1=O. The molecule has 20 heavy (non-hydrogen) atoms. The maximum absolute atomic E-state index is 12.1. The van der Waals surface area contributed by atoms with Crippen molar-refractivity contribution in [2.24, 2.45) is 7.05 Å². The van der Waals surface area contributed by atoms with Crippen LogP contribution in [0.2, 0.25) is 0 Å². The van der Waals surface area contributed by atoms with Gasteiger partial charge in [0.05, 0.1) is 6.10 Å². The van der Waals surface area contributed by atoms with Gasteiger partial charge in [-0.2, -0.15) is 0 Å². The van der Waals surface area contributed by atoms with E-state index in [-0.39, 0.29) is 17.5 Å². The first-order chi connectivity index (χ1) is 9.29. The average Bonchev–Trinajstić information content (AvgIpc) is 2.36. The van der Waals surface area contributed by atoms with Crippen LogP contribution in [0.3, 0.4) is 0 Å². The summed E-state index contributed by atoms with van der Waals surface area (Å²) in [4.78, 5) is 24.1. The van der Waals surface area contributed by atoms with Gasteiger partial charge in [0.15, 0.2) is 0 Å². The molecule has 0 saturated carbocycles. The van der Waals surface area contributed by atoms with E-state index in [0.29, 0.717) is 13.0 Å². The van der Waals surface area contributed by atoms with Gasteiger partial charge in [-0.15, -0.1) is 0 Å². The van der Waals surface area contributed by atoms with Gasteiger partial charge in [0.25, 0.3) is 5.56 Å². The first-order valence-electron chi connectivity index (χ1n) is 6.83. The van der Waals surface area contributed by atoms with Crippen LogP contribution < -0.4 is 22.3 Å². The van der Waals surface area contributed by atoms with Gasteiger partial charge >= 0.3 is 5.69 Å². The van der Waals surface area contributed by atoms with Crippen molar-refractivity contribution in [3.05, 3.63) is 20.8 Å². The summed E-state index contributed by atoms with van der Waals surface area (Å²) >= 11 is 0. The highest BCUT2D eigenvalue weighted by molar-refractivity contribution is 5.61. The Morgan fingerprint density at radius 2 is 1.95 bits per heavy atom. The Morgan fingerprint density at radius 1 is 1.35 bits per heavy atom. The molecule has 0 saturated heterocycles. The minimum atomic E-state index is -0.482. The monoisotopic (exact) mass is 284 g/mol. The zero-order valence-electron chi connectivity index (χ0n) is 12.5. The number of anilines is 2. The van der Waals surface area contributed by atoms with Crippen molar-refractivity contribution < 1.29 is 5.11 Å². The molecule has 1 aromatic heterocycles. The number of hydrogen-bond acceptors (Lipinski definition) is 5. The number of rotatable bonds is 6. The second kappa shape index (κ2) is 6.60. The third-order valence-electron chi connectivity index (χ3n) is 3.12. The van der Waals surface area contributed by atoms with E-state index in [4.69, 9.17) is 5.73 Å². The van der Waals surface area contributed by atoms with Gasteiger partial charge in [-0.05, 0) is 26.7 Å². The molecule has 7 heteroatoms. The fraction of sp³-hybridized carbons (Fsp3) is 0.692. The van der Waals surface area contributed by atoms with Gasteiger partial charge in [0, 0.05) is 19.6 Å². The Kier molecular flexibility index (Phi) is 5.38. The zero-order valence-corrected chi connectivity index (χ0v) is 12.5. The van der Waals surface area contributed by atoms with Gasteiger partial charge < -0.3 is 16.2 Å². The van der Waals surface area contributed by atoms with Gasteiger partial charge in [-0.25, -0.2) is 4.79 Å². The zero-order chi connectivity index (χ0) is 15.4. The fourth-order valence-corrected chi connectivity index (χ4v) is 2.18. The lowest BCUT2D eigenvalue weighted by molar-refractivity contribution is 0.179. The quantitative estimate of drug-likeness (QED) is 0.688. The van der Waals surface area contributed by atoms with Gasteiger partial charge in [0.1, 0.15) is 11.5 Å². The van der Waals surface area contributed by atoms with Crippen LogP contribution in [0.1, 0.15) is 33.6 Å². The van der Waals surface area contributed by atoms with Crippen LogP contribution in [0, 0.1) is 0 Å². The van der Waals surface area contributed by atoms with Crippen LogP contribution in [-0.4, -0.2) is 26.4 Å². The first kappa shape index (κ1) is 16.3. The summed E-state index contributed by atoms with van der Waals surface area (Å²) in [5, 5.41) is 12.4. The molecule has 114 valence electrons. The average molecular weight is 284 g/mol. The lowest BCUT2D eigenvalue weighted by Gasteiger charge is -2.20. The Labute approximate surface area is 118 Å². The Bertz CT molecular complexity index is 574. The van der Waals surface area contributed by atoms with E-state index < -0.39 is 17.4 Å². The molecule has 0 bridgehead atoms. The molecular weight excluding hydrogens is 260 g/mol. The third kappa shape index (κ3) is 3.41. The highest BCUT2D eigenvalue weighted by atomic mass is 16.3. The van der Waals surface area contributed by atoms with Crippen molar-refractivity contribution in [3.63, 3.8) is 0 Å². The Morgan fingerprint density at radius 3 is 2.45 bits per heavy atom. The van der Waals surface area contributed by atoms with E-state index in [2.05, 4.69) is 5.32 Å². The molecule has 0 fully saturated rings. The molecule has 0 spiro atoms. The minimum absolute atomic E-state index is 0.127. The molecule has 0 amide bonds. The molecule has 0 aliphatic carbocycles. The van der Waals surface area contributed by atoms with E-state index >= 15 is 0 Å².